The van der Waals surface area contributed by atoms with Gasteiger partial charge in [-0.3, -0.25) is 9.80 Å². The van der Waals surface area contributed by atoms with Gasteiger partial charge in [0.15, 0.2) is 0 Å². The second-order valence-corrected chi connectivity index (χ2v) is 7.06. The Kier molecular flexibility index (Phi) is 6.02. The molecule has 2 heterocycles. The quantitative estimate of drug-likeness (QED) is 0.834. The Balaban J connectivity index is 1.91. The molecule has 20 heavy (non-hydrogen) atoms. The van der Waals surface area contributed by atoms with Crippen molar-refractivity contribution in [2.75, 3.05) is 33.2 Å². The first-order valence-corrected chi connectivity index (χ1v) is 8.68. The van der Waals surface area contributed by atoms with Gasteiger partial charge in [-0.05, 0) is 45.1 Å². The molecule has 0 saturated carbocycles. The van der Waals surface area contributed by atoms with Crippen LogP contribution in [0, 0.1) is 6.92 Å². The fourth-order valence-electron chi connectivity index (χ4n) is 3.24. The van der Waals surface area contributed by atoms with Gasteiger partial charge in [-0.25, -0.2) is 0 Å². The Labute approximate surface area is 128 Å². The van der Waals surface area contributed by atoms with Crippen LogP contribution in [0.3, 0.4) is 0 Å². The van der Waals surface area contributed by atoms with Gasteiger partial charge in [0.1, 0.15) is 0 Å². The number of thiophene rings is 1. The molecule has 0 aromatic carbocycles. The molecule has 1 N–H and O–H groups in total. The van der Waals surface area contributed by atoms with Crippen LogP contribution in [0.1, 0.15) is 35.6 Å². The maximum atomic E-state index is 3.25. The van der Waals surface area contributed by atoms with E-state index in [4.69, 9.17) is 0 Å². The number of hydrogen-bond donors (Lipinski definition) is 1. The summed E-state index contributed by atoms with van der Waals surface area (Å²) < 4.78 is 0. The fraction of sp³-hybridized carbons (Fsp3) is 0.750. The molecule has 1 atom stereocenters. The van der Waals surface area contributed by atoms with Crippen LogP contribution < -0.4 is 5.32 Å². The molecule has 1 aliphatic heterocycles. The topological polar surface area (TPSA) is 18.5 Å². The summed E-state index contributed by atoms with van der Waals surface area (Å²) in [6.45, 7) is 13.8. The van der Waals surface area contributed by atoms with E-state index in [-0.39, 0.29) is 0 Å². The molecule has 0 spiro atoms. The number of likely N-dealkylation sites (tertiary alicyclic amines) is 1. The molecular weight excluding hydrogens is 266 g/mol. The average molecular weight is 295 g/mol. The minimum atomic E-state index is 0.765. The van der Waals surface area contributed by atoms with Crippen molar-refractivity contribution in [3.63, 3.8) is 0 Å². The Morgan fingerprint density at radius 2 is 2.15 bits per heavy atom. The summed E-state index contributed by atoms with van der Waals surface area (Å²) in [7, 11) is 2.02. The van der Waals surface area contributed by atoms with Crippen LogP contribution in [0.2, 0.25) is 0 Å². The first kappa shape index (κ1) is 16.0. The van der Waals surface area contributed by atoms with Gasteiger partial charge in [0.2, 0.25) is 0 Å². The Morgan fingerprint density at radius 3 is 2.80 bits per heavy atom. The minimum absolute atomic E-state index is 0.765. The lowest BCUT2D eigenvalue weighted by Gasteiger charge is -2.26. The largest absolute Gasteiger partial charge is 0.315 e. The normalized spacial score (nSPS) is 20.1. The molecule has 2 rings (SSSR count). The standard InChI is InChI=1S/C16H29N3S/c1-5-19(6-2)15-7-8-18(12-15)11-14-9-16(10-17-4)20-13(14)3/h9,15,17H,5-8,10-12H2,1-4H3. The second kappa shape index (κ2) is 7.55. The maximum absolute atomic E-state index is 3.25. The first-order valence-electron chi connectivity index (χ1n) is 7.87. The van der Waals surface area contributed by atoms with E-state index in [0.29, 0.717) is 0 Å². The van der Waals surface area contributed by atoms with E-state index in [1.54, 1.807) is 0 Å². The van der Waals surface area contributed by atoms with E-state index < -0.39 is 0 Å². The molecule has 114 valence electrons. The zero-order valence-corrected chi connectivity index (χ0v) is 14.2. The van der Waals surface area contributed by atoms with Crippen LogP contribution in [-0.2, 0) is 13.1 Å². The number of rotatable bonds is 7. The summed E-state index contributed by atoms with van der Waals surface area (Å²) >= 11 is 1.94. The van der Waals surface area contributed by atoms with Gasteiger partial charge in [-0.2, -0.15) is 0 Å². The van der Waals surface area contributed by atoms with Crippen LogP contribution in [0.15, 0.2) is 6.07 Å². The molecule has 0 bridgehead atoms. The Hall–Kier alpha value is -0.420. The number of nitrogens with zero attached hydrogens (tertiary/aromatic N) is 2. The number of aryl methyl sites for hydroxylation is 1. The molecule has 1 aromatic rings. The molecule has 0 aliphatic carbocycles. The van der Waals surface area contributed by atoms with Crippen LogP contribution in [0.4, 0.5) is 0 Å². The predicted octanol–water partition coefficient (Wildman–Crippen LogP) is 2.69. The summed E-state index contributed by atoms with van der Waals surface area (Å²) in [6, 6.07) is 3.15. The van der Waals surface area contributed by atoms with Crippen LogP contribution in [-0.4, -0.2) is 49.1 Å². The number of likely N-dealkylation sites (N-methyl/N-ethyl adjacent to an activating group) is 1. The van der Waals surface area contributed by atoms with Crippen molar-refractivity contribution in [2.45, 2.75) is 46.3 Å². The predicted molar refractivity (Wildman–Crippen MR) is 88.4 cm³/mol. The average Bonchev–Trinajstić information content (AvgIpc) is 3.00. The van der Waals surface area contributed by atoms with Crippen LogP contribution in [0.25, 0.3) is 0 Å². The summed E-state index contributed by atoms with van der Waals surface area (Å²) in [5.41, 5.74) is 1.53. The molecule has 1 aliphatic rings. The van der Waals surface area contributed by atoms with E-state index >= 15 is 0 Å². The van der Waals surface area contributed by atoms with E-state index in [1.807, 2.05) is 18.4 Å². The van der Waals surface area contributed by atoms with Crippen molar-refractivity contribution in [2.24, 2.45) is 0 Å². The third-order valence-corrected chi connectivity index (χ3v) is 5.49. The molecule has 0 radical (unpaired) electrons. The van der Waals surface area contributed by atoms with Gasteiger partial charge in [0.25, 0.3) is 0 Å². The van der Waals surface area contributed by atoms with Crippen molar-refractivity contribution in [1.82, 2.24) is 15.1 Å². The van der Waals surface area contributed by atoms with E-state index in [0.717, 1.165) is 19.1 Å². The molecule has 1 saturated heterocycles. The molecule has 3 nitrogen and oxygen atoms in total. The lowest BCUT2D eigenvalue weighted by molar-refractivity contribution is 0.209. The highest BCUT2D eigenvalue weighted by molar-refractivity contribution is 7.12. The third kappa shape index (κ3) is 3.82. The molecule has 4 heteroatoms. The molecule has 0 amide bonds. The van der Waals surface area contributed by atoms with Crippen molar-refractivity contribution < 1.29 is 0 Å². The highest BCUT2D eigenvalue weighted by atomic mass is 32.1. The first-order chi connectivity index (χ1) is 9.67. The second-order valence-electron chi connectivity index (χ2n) is 5.72. The van der Waals surface area contributed by atoms with Gasteiger partial charge >= 0.3 is 0 Å². The Bertz CT molecular complexity index is 412. The van der Waals surface area contributed by atoms with Gasteiger partial charge in [-0.15, -0.1) is 11.3 Å². The monoisotopic (exact) mass is 295 g/mol. The van der Waals surface area contributed by atoms with Gasteiger partial charge in [0, 0.05) is 42.0 Å². The van der Waals surface area contributed by atoms with E-state index in [9.17, 15) is 0 Å². The zero-order chi connectivity index (χ0) is 14.5. The SMILES string of the molecule is CCN(CC)C1CCN(Cc2cc(CNC)sc2C)C1. The van der Waals surface area contributed by atoms with E-state index in [1.165, 1.54) is 47.9 Å². The number of hydrogen-bond acceptors (Lipinski definition) is 4. The Morgan fingerprint density at radius 1 is 1.40 bits per heavy atom. The smallest absolute Gasteiger partial charge is 0.0296 e. The van der Waals surface area contributed by atoms with Crippen LogP contribution in [0.5, 0.6) is 0 Å². The van der Waals surface area contributed by atoms with E-state index in [2.05, 4.69) is 42.0 Å². The summed E-state index contributed by atoms with van der Waals surface area (Å²) in [5, 5.41) is 3.25. The van der Waals surface area contributed by atoms with Crippen molar-refractivity contribution >= 4 is 11.3 Å². The molecule has 1 fully saturated rings. The third-order valence-electron chi connectivity index (χ3n) is 4.39. The summed E-state index contributed by atoms with van der Waals surface area (Å²) in [6.07, 6.45) is 1.33. The van der Waals surface area contributed by atoms with Gasteiger partial charge in [-0.1, -0.05) is 13.8 Å². The number of nitrogens with one attached hydrogen (secondary N) is 1. The molecule has 1 unspecified atom stereocenters. The highest BCUT2D eigenvalue weighted by Crippen LogP contribution is 2.25. The lowest BCUT2D eigenvalue weighted by Crippen LogP contribution is -2.37. The van der Waals surface area contributed by atoms with Crippen molar-refractivity contribution in [3.8, 4) is 0 Å². The molecular formula is C16H29N3S. The van der Waals surface area contributed by atoms with Crippen molar-refractivity contribution in [1.29, 1.82) is 0 Å². The fourth-order valence-corrected chi connectivity index (χ4v) is 4.31. The van der Waals surface area contributed by atoms with Crippen molar-refractivity contribution in [3.05, 3.63) is 21.4 Å². The zero-order valence-electron chi connectivity index (χ0n) is 13.4. The van der Waals surface area contributed by atoms with Crippen LogP contribution >= 0.6 is 11.3 Å². The molecule has 1 aromatic heterocycles. The maximum Gasteiger partial charge on any atom is 0.0296 e. The minimum Gasteiger partial charge on any atom is -0.315 e. The van der Waals surface area contributed by atoms with Gasteiger partial charge < -0.3 is 5.32 Å². The summed E-state index contributed by atoms with van der Waals surface area (Å²) in [5.74, 6) is 0. The van der Waals surface area contributed by atoms with Gasteiger partial charge in [0.05, 0.1) is 0 Å². The highest BCUT2D eigenvalue weighted by Gasteiger charge is 2.26. The lowest BCUT2D eigenvalue weighted by atomic mass is 10.2. The summed E-state index contributed by atoms with van der Waals surface area (Å²) in [4.78, 5) is 8.18.